The predicted molar refractivity (Wildman–Crippen MR) is 98.7 cm³/mol. The maximum atomic E-state index is 12.1. The molecule has 2 aromatic rings. The van der Waals surface area contributed by atoms with Crippen LogP contribution in [0.3, 0.4) is 0 Å². The Morgan fingerprint density at radius 3 is 2.75 bits per heavy atom. The number of anilines is 2. The summed E-state index contributed by atoms with van der Waals surface area (Å²) in [5.74, 6) is 0.00512. The van der Waals surface area contributed by atoms with Crippen LogP contribution in [-0.2, 0) is 21.4 Å². The quantitative estimate of drug-likeness (QED) is 0.853. The van der Waals surface area contributed by atoms with E-state index in [1.54, 1.807) is 11.3 Å². The Kier molecular flexibility index (Phi) is 4.45. The number of carbonyl (C=O) groups excluding carboxylic acids is 2. The lowest BCUT2D eigenvalue weighted by Gasteiger charge is -2.16. The number of hydrogen-bond donors (Lipinski definition) is 2. The number of aryl methyl sites for hydroxylation is 2. The maximum absolute atomic E-state index is 12.1. The summed E-state index contributed by atoms with van der Waals surface area (Å²) in [6, 6.07) is 9.83. The van der Waals surface area contributed by atoms with Crippen LogP contribution >= 0.6 is 11.3 Å². The van der Waals surface area contributed by atoms with Crippen LogP contribution in [-0.4, -0.2) is 11.8 Å². The largest absolute Gasteiger partial charge is 0.326 e. The Hall–Kier alpha value is -2.14. The predicted octanol–water partition coefficient (Wildman–Crippen LogP) is 4.25. The Morgan fingerprint density at radius 2 is 2.04 bits per heavy atom. The molecule has 24 heavy (non-hydrogen) atoms. The Balaban J connectivity index is 1.57. The zero-order chi connectivity index (χ0) is 17.3. The van der Waals surface area contributed by atoms with E-state index in [9.17, 15) is 9.59 Å². The van der Waals surface area contributed by atoms with Gasteiger partial charge < -0.3 is 10.6 Å². The minimum absolute atomic E-state index is 0.00721. The average molecular weight is 342 g/mol. The lowest BCUT2D eigenvalue weighted by molar-refractivity contribution is -0.119. The Labute approximate surface area is 146 Å². The van der Waals surface area contributed by atoms with Gasteiger partial charge in [-0.25, -0.2) is 0 Å². The highest BCUT2D eigenvalue weighted by atomic mass is 32.1. The molecule has 0 unspecified atom stereocenters. The van der Waals surface area contributed by atoms with Gasteiger partial charge in [0.2, 0.25) is 11.8 Å². The molecule has 5 heteroatoms. The summed E-state index contributed by atoms with van der Waals surface area (Å²) in [6.45, 7) is 5.88. The van der Waals surface area contributed by atoms with Crippen molar-refractivity contribution in [1.82, 2.24) is 0 Å². The van der Waals surface area contributed by atoms with E-state index in [1.807, 2.05) is 32.0 Å². The van der Waals surface area contributed by atoms with Gasteiger partial charge in [0, 0.05) is 27.5 Å². The molecule has 0 fully saturated rings. The number of amides is 2. The summed E-state index contributed by atoms with van der Waals surface area (Å²) in [4.78, 5) is 26.7. The van der Waals surface area contributed by atoms with E-state index in [2.05, 4.69) is 29.7 Å². The van der Waals surface area contributed by atoms with Crippen molar-refractivity contribution in [2.75, 3.05) is 10.6 Å². The molecule has 0 radical (unpaired) electrons. The van der Waals surface area contributed by atoms with E-state index in [0.717, 1.165) is 29.8 Å². The van der Waals surface area contributed by atoms with Crippen LogP contribution in [0.25, 0.3) is 0 Å². The van der Waals surface area contributed by atoms with Crippen molar-refractivity contribution >= 4 is 34.5 Å². The smallest absolute Gasteiger partial charge is 0.234 e. The first-order valence-electron chi connectivity index (χ1n) is 8.17. The molecule has 2 N–H and O–H groups in total. The second-order valence-corrected chi connectivity index (χ2v) is 8.13. The van der Waals surface area contributed by atoms with Gasteiger partial charge in [-0.3, -0.25) is 9.59 Å². The SMILES string of the molecule is Cc1ccc(CCCC(=O)Nc2ccc3c(c2)C(C)(C)C(=O)N3)s1. The molecule has 1 aromatic carbocycles. The minimum Gasteiger partial charge on any atom is -0.326 e. The molecule has 0 saturated carbocycles. The highest BCUT2D eigenvalue weighted by Crippen LogP contribution is 2.38. The highest BCUT2D eigenvalue weighted by Gasteiger charge is 2.38. The first-order valence-corrected chi connectivity index (χ1v) is 8.99. The van der Waals surface area contributed by atoms with Gasteiger partial charge in [0.15, 0.2) is 0 Å². The first kappa shape index (κ1) is 16.7. The molecule has 3 rings (SSSR count). The van der Waals surface area contributed by atoms with E-state index in [4.69, 9.17) is 0 Å². The van der Waals surface area contributed by atoms with Gasteiger partial charge in [0.25, 0.3) is 0 Å². The molecular weight excluding hydrogens is 320 g/mol. The number of rotatable bonds is 5. The Morgan fingerprint density at radius 1 is 1.25 bits per heavy atom. The van der Waals surface area contributed by atoms with Crippen molar-refractivity contribution in [2.45, 2.75) is 45.4 Å². The van der Waals surface area contributed by atoms with E-state index in [0.29, 0.717) is 6.42 Å². The number of fused-ring (bicyclic) bond motifs is 1. The van der Waals surface area contributed by atoms with Gasteiger partial charge in [-0.1, -0.05) is 0 Å². The van der Waals surface area contributed by atoms with Gasteiger partial charge in [0.05, 0.1) is 5.41 Å². The topological polar surface area (TPSA) is 58.2 Å². The van der Waals surface area contributed by atoms with Gasteiger partial charge in [-0.2, -0.15) is 0 Å². The molecule has 2 amide bonds. The van der Waals surface area contributed by atoms with E-state index in [-0.39, 0.29) is 11.8 Å². The molecule has 1 aliphatic rings. The normalized spacial score (nSPS) is 15.0. The van der Waals surface area contributed by atoms with Crippen molar-refractivity contribution in [3.05, 3.63) is 45.6 Å². The van der Waals surface area contributed by atoms with E-state index in [1.165, 1.54) is 9.75 Å². The van der Waals surface area contributed by atoms with Crippen LogP contribution in [0.1, 0.15) is 42.0 Å². The zero-order valence-electron chi connectivity index (χ0n) is 14.2. The second-order valence-electron chi connectivity index (χ2n) is 6.75. The summed E-state index contributed by atoms with van der Waals surface area (Å²) >= 11 is 1.79. The van der Waals surface area contributed by atoms with Crippen molar-refractivity contribution < 1.29 is 9.59 Å². The molecule has 0 bridgehead atoms. The third-order valence-electron chi connectivity index (χ3n) is 4.42. The van der Waals surface area contributed by atoms with Crippen molar-refractivity contribution in [3.63, 3.8) is 0 Å². The average Bonchev–Trinajstić information content (AvgIpc) is 3.02. The lowest BCUT2D eigenvalue weighted by Crippen LogP contribution is -2.26. The fourth-order valence-electron chi connectivity index (χ4n) is 2.92. The first-order chi connectivity index (χ1) is 11.4. The summed E-state index contributed by atoms with van der Waals surface area (Å²) in [7, 11) is 0. The van der Waals surface area contributed by atoms with Crippen LogP contribution in [0.2, 0.25) is 0 Å². The summed E-state index contributed by atoms with van der Waals surface area (Å²) in [5, 5.41) is 5.81. The van der Waals surface area contributed by atoms with E-state index >= 15 is 0 Å². The van der Waals surface area contributed by atoms with Crippen LogP contribution in [0.4, 0.5) is 11.4 Å². The number of nitrogens with one attached hydrogen (secondary N) is 2. The second kappa shape index (κ2) is 6.40. The van der Waals surface area contributed by atoms with Crippen molar-refractivity contribution in [3.8, 4) is 0 Å². The minimum atomic E-state index is -0.562. The van der Waals surface area contributed by atoms with Gasteiger partial charge in [-0.15, -0.1) is 11.3 Å². The number of carbonyl (C=O) groups is 2. The summed E-state index contributed by atoms with van der Waals surface area (Å²) in [5.41, 5.74) is 1.94. The van der Waals surface area contributed by atoms with Crippen LogP contribution in [0.5, 0.6) is 0 Å². The van der Waals surface area contributed by atoms with Crippen LogP contribution in [0, 0.1) is 6.92 Å². The molecule has 126 valence electrons. The van der Waals surface area contributed by atoms with Gasteiger partial charge >= 0.3 is 0 Å². The molecule has 0 saturated heterocycles. The highest BCUT2D eigenvalue weighted by molar-refractivity contribution is 7.11. The summed E-state index contributed by atoms with van der Waals surface area (Å²) < 4.78 is 0. The molecular formula is C19H22N2O2S. The van der Waals surface area contributed by atoms with E-state index < -0.39 is 5.41 Å². The zero-order valence-corrected chi connectivity index (χ0v) is 15.0. The number of thiophene rings is 1. The van der Waals surface area contributed by atoms with Gasteiger partial charge in [0.1, 0.15) is 0 Å². The maximum Gasteiger partial charge on any atom is 0.234 e. The fourth-order valence-corrected chi connectivity index (χ4v) is 3.85. The van der Waals surface area contributed by atoms with Crippen LogP contribution < -0.4 is 10.6 Å². The molecule has 0 spiro atoms. The third-order valence-corrected chi connectivity index (χ3v) is 5.48. The monoisotopic (exact) mass is 342 g/mol. The molecule has 4 nitrogen and oxygen atoms in total. The molecule has 1 aliphatic heterocycles. The standard InChI is InChI=1S/C19H22N2O2S/c1-12-7-9-14(24-12)5-4-6-17(22)20-13-8-10-16-15(11-13)19(2,3)18(23)21-16/h7-11H,4-6H2,1-3H3,(H,20,22)(H,21,23). The number of benzene rings is 1. The fraction of sp³-hybridized carbons (Fsp3) is 0.368. The molecule has 0 atom stereocenters. The lowest BCUT2D eigenvalue weighted by atomic mass is 9.86. The summed E-state index contributed by atoms with van der Waals surface area (Å²) in [6.07, 6.45) is 2.26. The van der Waals surface area contributed by atoms with Crippen molar-refractivity contribution in [2.24, 2.45) is 0 Å². The third kappa shape index (κ3) is 3.36. The van der Waals surface area contributed by atoms with Gasteiger partial charge in [-0.05, 0) is 69.5 Å². The van der Waals surface area contributed by atoms with Crippen LogP contribution in [0.15, 0.2) is 30.3 Å². The Bertz CT molecular complexity index is 792. The molecule has 1 aromatic heterocycles. The molecule has 0 aliphatic carbocycles. The molecule has 2 heterocycles. The van der Waals surface area contributed by atoms with Crippen molar-refractivity contribution in [1.29, 1.82) is 0 Å². The number of hydrogen-bond acceptors (Lipinski definition) is 3.